The largest absolute Gasteiger partial charge is 0.309 e. The molecule has 1 amide bonds. The Morgan fingerprint density at radius 2 is 1.34 bits per heavy atom. The summed E-state index contributed by atoms with van der Waals surface area (Å²) in [6.07, 6.45) is 1.05. The molecule has 0 aromatic heterocycles. The summed E-state index contributed by atoms with van der Waals surface area (Å²) >= 11 is 0. The first-order valence-electron chi connectivity index (χ1n) is 8.93. The minimum absolute atomic E-state index is 0.258. The number of Topliss-reactive ketones (excluding diaryl/α,β-unsaturated/α-hetero) is 1. The van der Waals surface area contributed by atoms with Crippen molar-refractivity contribution in [2.24, 2.45) is 5.10 Å². The molecule has 0 radical (unpaired) electrons. The van der Waals surface area contributed by atoms with Crippen LogP contribution in [0.5, 0.6) is 0 Å². The number of ketones is 1. The van der Waals surface area contributed by atoms with Crippen molar-refractivity contribution in [1.29, 1.82) is 0 Å². The standard InChI is InChI=1S/C22H20N3O3P/c1-17(26)16-23-25-24-22(27)20-14-8-9-15-21(20)29(28,18-10-4-2-5-11-18)19-12-6-3-7-13-19/h2-16,25H,1H3,(H,24,27). The Kier molecular flexibility index (Phi) is 6.37. The van der Waals surface area contributed by atoms with E-state index in [1.165, 1.54) is 6.92 Å². The van der Waals surface area contributed by atoms with Crippen LogP contribution in [0.1, 0.15) is 17.3 Å². The smallest absolute Gasteiger partial charge is 0.271 e. The van der Waals surface area contributed by atoms with E-state index in [1.807, 2.05) is 36.4 Å². The normalized spacial score (nSPS) is 11.2. The average Bonchev–Trinajstić information content (AvgIpc) is 2.77. The van der Waals surface area contributed by atoms with Crippen LogP contribution in [0.3, 0.4) is 0 Å². The van der Waals surface area contributed by atoms with Crippen LogP contribution in [0.15, 0.2) is 90.0 Å². The lowest BCUT2D eigenvalue weighted by molar-refractivity contribution is -0.110. The molecule has 0 aliphatic heterocycles. The maximum Gasteiger partial charge on any atom is 0.271 e. The Morgan fingerprint density at radius 3 is 1.90 bits per heavy atom. The van der Waals surface area contributed by atoms with Crippen LogP contribution in [0.25, 0.3) is 0 Å². The topological polar surface area (TPSA) is 87.6 Å². The number of carbonyl (C=O) groups excluding carboxylic acids is 2. The summed E-state index contributed by atoms with van der Waals surface area (Å²) in [5, 5.41) is 5.31. The van der Waals surface area contributed by atoms with Gasteiger partial charge in [0.25, 0.3) is 5.91 Å². The van der Waals surface area contributed by atoms with E-state index in [0.717, 1.165) is 6.21 Å². The zero-order valence-electron chi connectivity index (χ0n) is 15.8. The van der Waals surface area contributed by atoms with Gasteiger partial charge in [0.15, 0.2) is 12.9 Å². The zero-order chi connectivity index (χ0) is 20.7. The molecule has 0 unspecified atom stereocenters. The SMILES string of the molecule is CC(=O)C=NNNC(=O)c1ccccc1P(=O)(c1ccccc1)c1ccccc1. The van der Waals surface area contributed by atoms with Crippen LogP contribution >= 0.6 is 7.14 Å². The highest BCUT2D eigenvalue weighted by Gasteiger charge is 2.33. The zero-order valence-corrected chi connectivity index (χ0v) is 16.7. The summed E-state index contributed by atoms with van der Waals surface area (Å²) in [4.78, 5) is 23.7. The fraction of sp³-hybridized carbons (Fsp3) is 0.0455. The first kappa shape index (κ1) is 20.2. The molecule has 7 heteroatoms. The minimum atomic E-state index is -3.30. The number of hydrazine groups is 1. The third-order valence-corrected chi connectivity index (χ3v) is 7.33. The lowest BCUT2D eigenvalue weighted by Crippen LogP contribution is -2.38. The molecule has 0 heterocycles. The van der Waals surface area contributed by atoms with E-state index in [4.69, 9.17) is 0 Å². The molecular formula is C22H20N3O3P. The molecule has 0 fully saturated rings. The number of rotatable bonds is 7. The number of hydrogen-bond donors (Lipinski definition) is 2. The molecule has 3 aromatic rings. The summed E-state index contributed by atoms with van der Waals surface area (Å²) in [7, 11) is -3.30. The second kappa shape index (κ2) is 9.13. The van der Waals surface area contributed by atoms with E-state index >= 15 is 0 Å². The highest BCUT2D eigenvalue weighted by atomic mass is 31.2. The molecule has 0 aliphatic carbocycles. The van der Waals surface area contributed by atoms with Crippen molar-refractivity contribution in [3.8, 4) is 0 Å². The lowest BCUT2D eigenvalue weighted by Gasteiger charge is -2.22. The molecule has 3 rings (SSSR count). The maximum absolute atomic E-state index is 14.5. The van der Waals surface area contributed by atoms with Gasteiger partial charge in [0.1, 0.15) is 0 Å². The molecule has 146 valence electrons. The van der Waals surface area contributed by atoms with Gasteiger partial charge in [-0.05, 0) is 6.07 Å². The van der Waals surface area contributed by atoms with E-state index in [2.05, 4.69) is 16.1 Å². The third kappa shape index (κ3) is 4.50. The highest BCUT2D eigenvalue weighted by molar-refractivity contribution is 7.85. The fourth-order valence-corrected chi connectivity index (χ4v) is 5.77. The van der Waals surface area contributed by atoms with Crippen LogP contribution < -0.4 is 26.9 Å². The lowest BCUT2D eigenvalue weighted by atomic mass is 10.2. The van der Waals surface area contributed by atoms with E-state index < -0.39 is 13.0 Å². The van der Waals surface area contributed by atoms with Crippen molar-refractivity contribution in [2.45, 2.75) is 6.92 Å². The summed E-state index contributed by atoms with van der Waals surface area (Å²) in [6, 6.07) is 25.0. The summed E-state index contributed by atoms with van der Waals surface area (Å²) in [5.41, 5.74) is 5.00. The van der Waals surface area contributed by atoms with E-state index in [9.17, 15) is 14.2 Å². The average molecular weight is 405 g/mol. The van der Waals surface area contributed by atoms with Gasteiger partial charge in [-0.1, -0.05) is 78.9 Å². The number of nitrogens with zero attached hydrogens (tertiary/aromatic N) is 1. The van der Waals surface area contributed by atoms with Crippen LogP contribution in [-0.2, 0) is 9.36 Å². The number of hydrazone groups is 1. The van der Waals surface area contributed by atoms with Crippen molar-refractivity contribution in [3.63, 3.8) is 0 Å². The summed E-state index contributed by atoms with van der Waals surface area (Å²) in [5.74, 6) is -0.766. The number of nitrogens with one attached hydrogen (secondary N) is 2. The molecule has 0 spiro atoms. The first-order chi connectivity index (χ1) is 14.0. The monoisotopic (exact) mass is 405 g/mol. The van der Waals surface area contributed by atoms with Gasteiger partial charge < -0.3 is 4.57 Å². The van der Waals surface area contributed by atoms with Gasteiger partial charge in [0.2, 0.25) is 0 Å². The van der Waals surface area contributed by atoms with Gasteiger partial charge in [-0.3, -0.25) is 9.59 Å². The fourth-order valence-electron chi connectivity index (χ4n) is 2.92. The van der Waals surface area contributed by atoms with Gasteiger partial charge in [0.05, 0.1) is 11.8 Å². The Hall–Kier alpha value is -3.50. The van der Waals surface area contributed by atoms with Crippen molar-refractivity contribution >= 4 is 41.0 Å². The molecule has 0 saturated heterocycles. The second-order valence-corrected chi connectivity index (χ2v) is 8.97. The van der Waals surface area contributed by atoms with Gasteiger partial charge in [0, 0.05) is 22.8 Å². The van der Waals surface area contributed by atoms with Gasteiger partial charge in [-0.15, -0.1) is 0 Å². The molecule has 29 heavy (non-hydrogen) atoms. The summed E-state index contributed by atoms with van der Waals surface area (Å²) < 4.78 is 14.5. The van der Waals surface area contributed by atoms with Crippen molar-refractivity contribution in [2.75, 3.05) is 0 Å². The molecule has 0 bridgehead atoms. The minimum Gasteiger partial charge on any atom is -0.309 e. The van der Waals surface area contributed by atoms with E-state index in [1.54, 1.807) is 48.5 Å². The molecule has 3 aromatic carbocycles. The number of benzene rings is 3. The number of amides is 1. The van der Waals surface area contributed by atoms with Crippen molar-refractivity contribution in [1.82, 2.24) is 11.0 Å². The molecule has 2 N–H and O–H groups in total. The Labute approximate surface area is 169 Å². The van der Waals surface area contributed by atoms with Gasteiger partial charge >= 0.3 is 0 Å². The maximum atomic E-state index is 14.5. The molecular weight excluding hydrogens is 385 g/mol. The Balaban J connectivity index is 2.08. The molecule has 0 atom stereocenters. The number of hydrogen-bond acceptors (Lipinski definition) is 5. The van der Waals surface area contributed by atoms with E-state index in [-0.39, 0.29) is 11.3 Å². The third-order valence-electron chi connectivity index (χ3n) is 4.21. The quantitative estimate of drug-likeness (QED) is 0.358. The van der Waals surface area contributed by atoms with Crippen molar-refractivity contribution in [3.05, 3.63) is 90.5 Å². The van der Waals surface area contributed by atoms with Crippen LogP contribution in [0.2, 0.25) is 0 Å². The van der Waals surface area contributed by atoms with E-state index in [0.29, 0.717) is 15.9 Å². The van der Waals surface area contributed by atoms with Crippen LogP contribution in [-0.4, -0.2) is 17.9 Å². The van der Waals surface area contributed by atoms with Gasteiger partial charge in [-0.2, -0.15) is 5.10 Å². The predicted molar refractivity (Wildman–Crippen MR) is 116 cm³/mol. The number of carbonyl (C=O) groups is 2. The Bertz CT molecular complexity index is 1040. The van der Waals surface area contributed by atoms with Crippen LogP contribution in [0, 0.1) is 0 Å². The predicted octanol–water partition coefficient (Wildman–Crippen LogP) is 2.14. The van der Waals surface area contributed by atoms with Crippen molar-refractivity contribution < 1.29 is 14.2 Å². The van der Waals surface area contributed by atoms with Gasteiger partial charge in [-0.25, -0.2) is 11.0 Å². The second-order valence-electron chi connectivity index (χ2n) is 6.23. The first-order valence-corrected chi connectivity index (χ1v) is 10.6. The van der Waals surface area contributed by atoms with Crippen LogP contribution in [0.4, 0.5) is 0 Å². The summed E-state index contributed by atoms with van der Waals surface area (Å²) in [6.45, 7) is 1.35. The highest BCUT2D eigenvalue weighted by Crippen LogP contribution is 2.43. The molecule has 0 aliphatic rings. The Morgan fingerprint density at radius 1 is 0.828 bits per heavy atom. The molecule has 6 nitrogen and oxygen atoms in total. The molecule has 0 saturated carbocycles.